The molecule has 0 spiro atoms. The summed E-state index contributed by atoms with van der Waals surface area (Å²) in [6.07, 6.45) is 8.61. The highest BCUT2D eigenvalue weighted by molar-refractivity contribution is 8.00. The van der Waals surface area contributed by atoms with Gasteiger partial charge in [0.2, 0.25) is 0 Å². The van der Waals surface area contributed by atoms with Crippen LogP contribution >= 0.6 is 24.4 Å². The number of rotatable bonds is 3. The second-order valence-electron chi connectivity index (χ2n) is 2.42. The first-order chi connectivity index (χ1) is 4.79. The molecule has 1 aliphatic carbocycles. The Labute approximate surface area is 72.2 Å². The smallest absolute Gasteiger partial charge is 0.0414 e. The lowest BCUT2D eigenvalue weighted by atomic mass is 10.5. The monoisotopic (exact) mass is 172 g/mol. The molecule has 0 saturated carbocycles. The van der Waals surface area contributed by atoms with E-state index in [0.717, 1.165) is 5.75 Å². The maximum Gasteiger partial charge on any atom is 0.0414 e. The van der Waals surface area contributed by atoms with E-state index in [2.05, 4.69) is 43.9 Å². The van der Waals surface area contributed by atoms with Crippen LogP contribution in [0.15, 0.2) is 24.3 Å². The number of hydrogen-bond acceptors (Lipinski definition) is 2. The van der Waals surface area contributed by atoms with Crippen molar-refractivity contribution in [1.82, 2.24) is 0 Å². The van der Waals surface area contributed by atoms with Gasteiger partial charge in [-0.3, -0.25) is 0 Å². The van der Waals surface area contributed by atoms with Crippen LogP contribution in [0.2, 0.25) is 0 Å². The van der Waals surface area contributed by atoms with Crippen LogP contribution < -0.4 is 0 Å². The Kier molecular flexibility index (Phi) is 3.43. The summed E-state index contributed by atoms with van der Waals surface area (Å²) in [5.74, 6) is 1.13. The zero-order chi connectivity index (χ0) is 7.40. The zero-order valence-electron chi connectivity index (χ0n) is 6.03. The van der Waals surface area contributed by atoms with Crippen molar-refractivity contribution in [3.63, 3.8) is 0 Å². The Morgan fingerprint density at radius 3 is 2.60 bits per heavy atom. The molecule has 0 fully saturated rings. The Morgan fingerprint density at radius 1 is 1.50 bits per heavy atom. The third-order valence-corrected chi connectivity index (χ3v) is 3.06. The van der Waals surface area contributed by atoms with Gasteiger partial charge in [-0.15, -0.1) is 11.8 Å². The number of hydrogen-bond donors (Lipinski definition) is 1. The standard InChI is InChI=1S/C8H12S2/c1-7(9)6-10-8-4-2-3-5-8/h2-5,7-9H,6H2,1H3. The first-order valence-corrected chi connectivity index (χ1v) is 5.00. The van der Waals surface area contributed by atoms with E-state index < -0.39 is 0 Å². The van der Waals surface area contributed by atoms with Crippen LogP contribution in [0.5, 0.6) is 0 Å². The molecule has 0 aromatic heterocycles. The lowest BCUT2D eigenvalue weighted by molar-refractivity contribution is 1.14. The molecule has 2 heteroatoms. The molecule has 56 valence electrons. The van der Waals surface area contributed by atoms with Crippen LogP contribution in [0.3, 0.4) is 0 Å². The van der Waals surface area contributed by atoms with Gasteiger partial charge in [-0.1, -0.05) is 31.2 Å². The summed E-state index contributed by atoms with van der Waals surface area (Å²) in [6, 6.07) is 0. The van der Waals surface area contributed by atoms with Crippen LogP contribution in [0.4, 0.5) is 0 Å². The van der Waals surface area contributed by atoms with E-state index in [1.54, 1.807) is 0 Å². The summed E-state index contributed by atoms with van der Waals surface area (Å²) in [5.41, 5.74) is 0. The van der Waals surface area contributed by atoms with E-state index >= 15 is 0 Å². The molecular weight excluding hydrogens is 160 g/mol. The first kappa shape index (κ1) is 8.28. The zero-order valence-corrected chi connectivity index (χ0v) is 7.74. The summed E-state index contributed by atoms with van der Waals surface area (Å²) >= 11 is 6.24. The van der Waals surface area contributed by atoms with Crippen molar-refractivity contribution in [3.05, 3.63) is 24.3 Å². The lowest BCUT2D eigenvalue weighted by Gasteiger charge is -2.06. The fourth-order valence-electron chi connectivity index (χ4n) is 0.773. The van der Waals surface area contributed by atoms with Crippen molar-refractivity contribution >= 4 is 24.4 Å². The van der Waals surface area contributed by atoms with E-state index in [-0.39, 0.29) is 0 Å². The largest absolute Gasteiger partial charge is 0.175 e. The minimum atomic E-state index is 0.507. The van der Waals surface area contributed by atoms with Crippen molar-refractivity contribution < 1.29 is 0 Å². The van der Waals surface area contributed by atoms with Crippen molar-refractivity contribution in [2.24, 2.45) is 0 Å². The van der Waals surface area contributed by atoms with Gasteiger partial charge in [0, 0.05) is 16.3 Å². The van der Waals surface area contributed by atoms with Gasteiger partial charge in [0.25, 0.3) is 0 Å². The Morgan fingerprint density at radius 2 is 2.10 bits per heavy atom. The Hall–Kier alpha value is 0.180. The molecule has 1 atom stereocenters. The van der Waals surface area contributed by atoms with Gasteiger partial charge in [0.1, 0.15) is 0 Å². The van der Waals surface area contributed by atoms with Gasteiger partial charge >= 0.3 is 0 Å². The van der Waals surface area contributed by atoms with Crippen LogP contribution in [0.1, 0.15) is 6.92 Å². The molecule has 0 bridgehead atoms. The fraction of sp³-hybridized carbons (Fsp3) is 0.500. The van der Waals surface area contributed by atoms with Crippen LogP contribution in [0.25, 0.3) is 0 Å². The molecule has 0 N–H and O–H groups in total. The molecule has 0 amide bonds. The highest BCUT2D eigenvalue weighted by Crippen LogP contribution is 2.19. The van der Waals surface area contributed by atoms with E-state index in [0.29, 0.717) is 10.5 Å². The molecule has 0 saturated heterocycles. The summed E-state index contributed by atoms with van der Waals surface area (Å²) in [4.78, 5) is 0. The minimum Gasteiger partial charge on any atom is -0.175 e. The predicted octanol–water partition coefficient (Wildman–Crippen LogP) is 2.53. The molecule has 0 radical (unpaired) electrons. The maximum atomic E-state index is 4.30. The molecular formula is C8H12S2. The molecule has 1 rings (SSSR count). The van der Waals surface area contributed by atoms with Gasteiger partial charge in [0.05, 0.1) is 0 Å². The molecule has 10 heavy (non-hydrogen) atoms. The highest BCUT2D eigenvalue weighted by Gasteiger charge is 2.04. The first-order valence-electron chi connectivity index (χ1n) is 3.43. The summed E-state index contributed by atoms with van der Waals surface area (Å²) in [7, 11) is 0. The number of allylic oxidation sites excluding steroid dienone is 2. The molecule has 0 aromatic carbocycles. The average molecular weight is 172 g/mol. The van der Waals surface area contributed by atoms with Crippen molar-refractivity contribution in [2.75, 3.05) is 5.75 Å². The molecule has 1 aliphatic rings. The van der Waals surface area contributed by atoms with Crippen LogP contribution in [0, 0.1) is 0 Å². The fourth-order valence-corrected chi connectivity index (χ4v) is 1.94. The van der Waals surface area contributed by atoms with E-state index in [1.807, 2.05) is 11.8 Å². The van der Waals surface area contributed by atoms with E-state index in [9.17, 15) is 0 Å². The van der Waals surface area contributed by atoms with Crippen molar-refractivity contribution in [1.29, 1.82) is 0 Å². The van der Waals surface area contributed by atoms with Gasteiger partial charge in [-0.05, 0) is 0 Å². The number of thioether (sulfide) groups is 1. The highest BCUT2D eigenvalue weighted by atomic mass is 32.2. The van der Waals surface area contributed by atoms with Gasteiger partial charge < -0.3 is 0 Å². The topological polar surface area (TPSA) is 0 Å². The SMILES string of the molecule is CC(S)CSC1C=CC=C1. The third-order valence-electron chi connectivity index (χ3n) is 1.24. The maximum absolute atomic E-state index is 4.30. The predicted molar refractivity (Wildman–Crippen MR) is 53.0 cm³/mol. The summed E-state index contributed by atoms with van der Waals surface area (Å²) in [6.45, 7) is 2.12. The molecule has 0 aromatic rings. The van der Waals surface area contributed by atoms with Crippen LogP contribution in [-0.4, -0.2) is 16.3 Å². The van der Waals surface area contributed by atoms with Gasteiger partial charge in [-0.25, -0.2) is 0 Å². The lowest BCUT2D eigenvalue weighted by Crippen LogP contribution is -1.99. The second kappa shape index (κ2) is 4.14. The number of thiol groups is 1. The van der Waals surface area contributed by atoms with Crippen molar-refractivity contribution in [3.8, 4) is 0 Å². The summed E-state index contributed by atoms with van der Waals surface area (Å²) < 4.78 is 0. The molecule has 0 aliphatic heterocycles. The third kappa shape index (κ3) is 2.84. The van der Waals surface area contributed by atoms with Crippen LogP contribution in [-0.2, 0) is 0 Å². The second-order valence-corrected chi connectivity index (χ2v) is 4.51. The van der Waals surface area contributed by atoms with Gasteiger partial charge in [-0.2, -0.15) is 12.6 Å². The van der Waals surface area contributed by atoms with Gasteiger partial charge in [0.15, 0.2) is 0 Å². The Bertz CT molecular complexity index is 135. The minimum absolute atomic E-state index is 0.507. The molecule has 0 heterocycles. The van der Waals surface area contributed by atoms with Crippen molar-refractivity contribution in [2.45, 2.75) is 17.4 Å². The van der Waals surface area contributed by atoms with E-state index in [1.165, 1.54) is 0 Å². The molecule has 0 nitrogen and oxygen atoms in total. The Balaban J connectivity index is 2.14. The molecule has 1 unspecified atom stereocenters. The van der Waals surface area contributed by atoms with E-state index in [4.69, 9.17) is 0 Å². The average Bonchev–Trinajstić information content (AvgIpc) is 2.34. The normalized spacial score (nSPS) is 20.2. The summed E-state index contributed by atoms with van der Waals surface area (Å²) in [5, 5.41) is 1.11. The quantitative estimate of drug-likeness (QED) is 0.638.